The van der Waals surface area contributed by atoms with Crippen molar-refractivity contribution in [2.24, 2.45) is 19.2 Å². The number of amidine groups is 1. The summed E-state index contributed by atoms with van der Waals surface area (Å²) in [6, 6.07) is -0.277. The maximum atomic E-state index is 11.5. The smallest absolute Gasteiger partial charge is 0.276 e. The molecular weight excluding hydrogens is 300 g/mol. The second kappa shape index (κ2) is 6.55. The fourth-order valence-electron chi connectivity index (χ4n) is 1.65. The van der Waals surface area contributed by atoms with Gasteiger partial charge in [-0.25, -0.2) is 14.8 Å². The zero-order valence-corrected chi connectivity index (χ0v) is 13.1. The molecule has 1 aromatic heterocycles. The largest absolute Gasteiger partial charge is 0.539 e. The number of carbonyl (C=O) groups is 1. The molecule has 0 saturated heterocycles. The summed E-state index contributed by atoms with van der Waals surface area (Å²) in [7, 11) is 6.19. The molecule has 0 spiro atoms. The Hall–Kier alpha value is -3.44. The number of hydrazine groups is 1. The summed E-state index contributed by atoms with van der Waals surface area (Å²) in [5.74, 6) is 0.732. The lowest BCUT2D eigenvalue weighted by atomic mass is 10.5. The highest BCUT2D eigenvalue weighted by Gasteiger charge is 2.19. The standard InChI is InChI=1S/C13H15N8O2/c1-18-12(22)19(2)15-10(14-18)8-6-5-7-9-11-16-20(3)13(23)21(4)17-11/h8-9H,1-4H3,(H,14,15)/q+1. The molecule has 0 saturated carbocycles. The number of aryl methyl sites for hydroxylation is 2. The highest BCUT2D eigenvalue weighted by Crippen LogP contribution is 1.98. The summed E-state index contributed by atoms with van der Waals surface area (Å²) in [6.07, 6.45) is 2.96. The molecule has 10 nitrogen and oxygen atoms in total. The second-order valence-electron chi connectivity index (χ2n) is 4.55. The van der Waals surface area contributed by atoms with Gasteiger partial charge in [-0.3, -0.25) is 5.43 Å². The van der Waals surface area contributed by atoms with E-state index in [1.165, 1.54) is 45.6 Å². The molecular formula is C13H15N8O2+. The summed E-state index contributed by atoms with van der Waals surface area (Å²) >= 11 is 0. The number of hydrogen-bond acceptors (Lipinski definition) is 6. The van der Waals surface area contributed by atoms with Crippen LogP contribution in [-0.2, 0) is 14.1 Å². The first-order valence-corrected chi connectivity index (χ1v) is 6.49. The van der Waals surface area contributed by atoms with Gasteiger partial charge in [0, 0.05) is 26.2 Å². The first-order valence-electron chi connectivity index (χ1n) is 6.49. The number of nitrogens with one attached hydrogen (secondary N) is 1. The first kappa shape index (κ1) is 15.9. The van der Waals surface area contributed by atoms with E-state index < -0.39 is 0 Å². The zero-order valence-electron chi connectivity index (χ0n) is 13.1. The van der Waals surface area contributed by atoms with Crippen molar-refractivity contribution >= 4 is 17.9 Å². The molecule has 1 aromatic rings. The van der Waals surface area contributed by atoms with Gasteiger partial charge in [-0.2, -0.15) is 4.79 Å². The predicted molar refractivity (Wildman–Crippen MR) is 79.5 cm³/mol. The summed E-state index contributed by atoms with van der Waals surface area (Å²) in [5, 5.41) is 14.4. The van der Waals surface area contributed by atoms with Crippen LogP contribution in [0, 0.1) is 0 Å². The van der Waals surface area contributed by atoms with E-state index in [0.29, 0.717) is 11.7 Å². The number of hydrazone groups is 1. The Morgan fingerprint density at radius 2 is 1.87 bits per heavy atom. The van der Waals surface area contributed by atoms with Crippen molar-refractivity contribution in [2.75, 3.05) is 14.1 Å². The molecule has 23 heavy (non-hydrogen) atoms. The van der Waals surface area contributed by atoms with E-state index in [2.05, 4.69) is 37.9 Å². The highest BCUT2D eigenvalue weighted by molar-refractivity contribution is 5.96. The molecule has 1 aliphatic rings. The summed E-state index contributed by atoms with van der Waals surface area (Å²) in [4.78, 5) is 22.9. The highest BCUT2D eigenvalue weighted by atomic mass is 16.2. The molecule has 2 rings (SSSR count). The topological polar surface area (TPSA) is 99.6 Å². The Bertz CT molecular complexity index is 838. The van der Waals surface area contributed by atoms with Crippen LogP contribution in [0.1, 0.15) is 5.82 Å². The van der Waals surface area contributed by atoms with Crippen LogP contribution in [0.3, 0.4) is 0 Å². The van der Waals surface area contributed by atoms with Crippen molar-refractivity contribution in [1.82, 2.24) is 30.3 Å². The minimum Gasteiger partial charge on any atom is -0.276 e. The van der Waals surface area contributed by atoms with Crippen molar-refractivity contribution < 1.29 is 9.48 Å². The molecule has 0 fully saturated rings. The number of urea groups is 1. The third kappa shape index (κ3) is 3.81. The minimum absolute atomic E-state index is 0.277. The van der Waals surface area contributed by atoms with Crippen LogP contribution < -0.4 is 15.8 Å². The van der Waals surface area contributed by atoms with Crippen LogP contribution in [-0.4, -0.2) is 50.9 Å². The van der Waals surface area contributed by atoms with Crippen LogP contribution >= 0.6 is 0 Å². The fourth-order valence-corrected chi connectivity index (χ4v) is 1.65. The third-order valence-corrected chi connectivity index (χ3v) is 2.72. The first-order chi connectivity index (χ1) is 10.9. The Balaban J connectivity index is 2.22. The van der Waals surface area contributed by atoms with E-state index in [-0.39, 0.29) is 11.7 Å². The summed E-state index contributed by atoms with van der Waals surface area (Å²) in [6.45, 7) is 0. The van der Waals surface area contributed by atoms with E-state index in [1.54, 1.807) is 14.1 Å². The van der Waals surface area contributed by atoms with E-state index in [0.717, 1.165) is 0 Å². The van der Waals surface area contributed by atoms with Gasteiger partial charge in [0.1, 0.15) is 14.1 Å². The minimum atomic E-state index is -0.328. The number of nitrogens with zero attached hydrogens (tertiary/aromatic N) is 7. The van der Waals surface area contributed by atoms with Crippen molar-refractivity contribution in [3.63, 3.8) is 0 Å². The van der Waals surface area contributed by atoms with E-state index >= 15 is 0 Å². The maximum Gasteiger partial charge on any atom is 0.539 e. The van der Waals surface area contributed by atoms with Gasteiger partial charge >= 0.3 is 11.7 Å². The Morgan fingerprint density at radius 1 is 1.17 bits per heavy atom. The molecule has 2 heterocycles. The number of hydrogen-bond donors (Lipinski definition) is 1. The van der Waals surface area contributed by atoms with Gasteiger partial charge < -0.3 is 0 Å². The molecule has 118 valence electrons. The molecule has 0 atom stereocenters. The predicted octanol–water partition coefficient (Wildman–Crippen LogP) is -1.71. The molecule has 0 aromatic carbocycles. The second-order valence-corrected chi connectivity index (χ2v) is 4.55. The fraction of sp³-hybridized carbons (Fsp3) is 0.308. The average molecular weight is 315 g/mol. The van der Waals surface area contributed by atoms with Gasteiger partial charge in [-0.15, -0.1) is 5.10 Å². The van der Waals surface area contributed by atoms with Gasteiger partial charge in [-0.05, 0) is 5.73 Å². The molecule has 10 heteroatoms. The van der Waals surface area contributed by atoms with Gasteiger partial charge in [-0.1, -0.05) is 31.0 Å². The lowest BCUT2D eigenvalue weighted by Gasteiger charge is -2.27. The molecule has 0 aliphatic carbocycles. The van der Waals surface area contributed by atoms with Crippen LogP contribution in [0.5, 0.6) is 0 Å². The van der Waals surface area contributed by atoms with Crippen molar-refractivity contribution in [1.29, 1.82) is 0 Å². The molecule has 0 bridgehead atoms. The Morgan fingerprint density at radius 3 is 2.52 bits per heavy atom. The van der Waals surface area contributed by atoms with E-state index in [1.807, 2.05) is 0 Å². The number of rotatable bonds is 2. The SMILES string of the molecule is CN1N=C(C=C=C=C=Cc2nn(C)c(=O)[n+](C)n2)NN(C)C1=O. The van der Waals surface area contributed by atoms with Gasteiger partial charge in [0.05, 0.1) is 0 Å². The Kier molecular flexibility index (Phi) is 4.54. The monoisotopic (exact) mass is 315 g/mol. The maximum absolute atomic E-state index is 11.5. The van der Waals surface area contributed by atoms with E-state index in [9.17, 15) is 9.59 Å². The van der Waals surface area contributed by atoms with Gasteiger partial charge in [0.15, 0.2) is 5.84 Å². The van der Waals surface area contributed by atoms with Crippen LogP contribution in [0.4, 0.5) is 4.79 Å². The average Bonchev–Trinajstić information content (AvgIpc) is 2.49. The lowest BCUT2D eigenvalue weighted by molar-refractivity contribution is -0.750. The molecule has 0 unspecified atom stereocenters. The van der Waals surface area contributed by atoms with Gasteiger partial charge in [0.25, 0.3) is 0 Å². The molecule has 1 aliphatic heterocycles. The van der Waals surface area contributed by atoms with Crippen LogP contribution in [0.25, 0.3) is 6.08 Å². The van der Waals surface area contributed by atoms with Gasteiger partial charge in [0.2, 0.25) is 5.82 Å². The number of aromatic nitrogens is 4. The van der Waals surface area contributed by atoms with Crippen LogP contribution in [0.15, 0.2) is 33.2 Å². The quantitative estimate of drug-likeness (QED) is 0.518. The molecule has 1 N–H and O–H groups in total. The van der Waals surface area contributed by atoms with Crippen LogP contribution in [0.2, 0.25) is 0 Å². The van der Waals surface area contributed by atoms with Crippen molar-refractivity contribution in [3.8, 4) is 0 Å². The Labute approximate surface area is 131 Å². The molecule has 2 amide bonds. The lowest BCUT2D eigenvalue weighted by Crippen LogP contribution is -2.55. The van der Waals surface area contributed by atoms with E-state index in [4.69, 9.17) is 0 Å². The third-order valence-electron chi connectivity index (χ3n) is 2.72. The zero-order chi connectivity index (χ0) is 17.0. The normalized spacial score (nSPS) is 13.4. The summed E-state index contributed by atoms with van der Waals surface area (Å²) in [5.41, 5.74) is 10.5. The molecule has 0 radical (unpaired) electrons. The number of amides is 2. The van der Waals surface area contributed by atoms with Crippen molar-refractivity contribution in [2.45, 2.75) is 0 Å². The van der Waals surface area contributed by atoms with Crippen molar-refractivity contribution in [3.05, 3.63) is 39.6 Å². The number of carbonyl (C=O) groups excluding carboxylic acids is 1. The summed E-state index contributed by atoms with van der Waals surface area (Å²) < 4.78 is 2.34.